The summed E-state index contributed by atoms with van der Waals surface area (Å²) in [5.74, 6) is -1.84. The Bertz CT molecular complexity index is 1040. The number of carbonyl (C=O) groups excluding carboxylic acids is 1. The van der Waals surface area contributed by atoms with Gasteiger partial charge >= 0.3 is 0 Å². The third-order valence-electron chi connectivity index (χ3n) is 3.19. The molecule has 0 aliphatic heterocycles. The number of allylic oxidation sites excluding steroid dienone is 1. The number of halogens is 1. The monoisotopic (exact) mass is 379 g/mol. The maximum atomic E-state index is 13.0. The van der Waals surface area contributed by atoms with Crippen molar-refractivity contribution in [2.45, 2.75) is 9.10 Å². The number of aliphatic hydroxyl groups is 1. The first-order chi connectivity index (χ1) is 11.9. The van der Waals surface area contributed by atoms with Crippen LogP contribution in [-0.4, -0.2) is 34.5 Å². The molecule has 3 aromatic rings. The minimum Gasteiger partial charge on any atom is -0.507 e. The first-order valence-electron chi connectivity index (χ1n) is 6.78. The van der Waals surface area contributed by atoms with Crippen molar-refractivity contribution in [1.29, 1.82) is 0 Å². The Kier molecular flexibility index (Phi) is 4.47. The van der Waals surface area contributed by atoms with E-state index in [-0.39, 0.29) is 20.5 Å². The van der Waals surface area contributed by atoms with Crippen molar-refractivity contribution in [2.75, 3.05) is 0 Å². The molecule has 1 aromatic carbocycles. The lowest BCUT2D eigenvalue weighted by Gasteiger charge is -2.05. The number of aromatic nitrogens is 3. The molecule has 2 N–H and O–H groups in total. The van der Waals surface area contributed by atoms with Gasteiger partial charge in [0.15, 0.2) is 5.82 Å². The standard InChI is InChI=1S/C15H10FN3O4S2/c16-9-1-3-10(4-2-9)25(22,23)15-11(5-6-24-15)12(20)7-13(21)14-17-8-18-19-14/h1-8,20H,(H,17,18,19). The molecule has 0 fully saturated rings. The van der Waals surface area contributed by atoms with E-state index in [9.17, 15) is 22.7 Å². The van der Waals surface area contributed by atoms with Crippen LogP contribution in [0.3, 0.4) is 0 Å². The van der Waals surface area contributed by atoms with Crippen molar-refractivity contribution in [3.05, 3.63) is 65.3 Å². The van der Waals surface area contributed by atoms with E-state index in [4.69, 9.17) is 0 Å². The molecule has 0 radical (unpaired) electrons. The highest BCUT2D eigenvalue weighted by Crippen LogP contribution is 2.32. The van der Waals surface area contributed by atoms with E-state index >= 15 is 0 Å². The highest BCUT2D eigenvalue weighted by Gasteiger charge is 2.25. The van der Waals surface area contributed by atoms with Gasteiger partial charge in [-0.25, -0.2) is 17.8 Å². The lowest BCUT2D eigenvalue weighted by molar-refractivity contribution is 0.103. The molecule has 2 heterocycles. The second-order valence-electron chi connectivity index (χ2n) is 4.81. The number of rotatable bonds is 5. The molecule has 3 rings (SSSR count). The molecule has 7 nitrogen and oxygen atoms in total. The van der Waals surface area contributed by atoms with Crippen molar-refractivity contribution >= 4 is 32.7 Å². The van der Waals surface area contributed by atoms with Crippen LogP contribution in [0.5, 0.6) is 0 Å². The number of sulfone groups is 1. The van der Waals surface area contributed by atoms with Gasteiger partial charge in [0, 0.05) is 11.6 Å². The van der Waals surface area contributed by atoms with Gasteiger partial charge in [-0.15, -0.1) is 11.3 Å². The number of H-pyrrole nitrogens is 1. The quantitative estimate of drug-likeness (QED) is 0.305. The Hall–Kier alpha value is -2.85. The van der Waals surface area contributed by atoms with Gasteiger partial charge < -0.3 is 5.11 Å². The number of aliphatic hydroxyl groups excluding tert-OH is 1. The third kappa shape index (κ3) is 3.35. The fourth-order valence-corrected chi connectivity index (χ4v) is 4.77. The maximum absolute atomic E-state index is 13.0. The minimum absolute atomic E-state index is 0.0257. The zero-order chi connectivity index (χ0) is 18.0. The summed E-state index contributed by atoms with van der Waals surface area (Å²) >= 11 is 0.879. The topological polar surface area (TPSA) is 113 Å². The molecule has 2 aromatic heterocycles. The summed E-state index contributed by atoms with van der Waals surface area (Å²) in [5, 5.41) is 17.5. The predicted molar refractivity (Wildman–Crippen MR) is 87.5 cm³/mol. The fourth-order valence-electron chi connectivity index (χ4n) is 2.01. The van der Waals surface area contributed by atoms with Crippen molar-refractivity contribution in [2.24, 2.45) is 0 Å². The third-order valence-corrected chi connectivity index (χ3v) is 6.44. The van der Waals surface area contributed by atoms with Crippen LogP contribution in [0, 0.1) is 5.82 Å². The summed E-state index contributed by atoms with van der Waals surface area (Å²) in [6.45, 7) is 0. The van der Waals surface area contributed by atoms with E-state index in [2.05, 4.69) is 15.2 Å². The van der Waals surface area contributed by atoms with Crippen molar-refractivity contribution in [3.8, 4) is 0 Å². The molecule has 0 spiro atoms. The van der Waals surface area contributed by atoms with Crippen LogP contribution in [0.2, 0.25) is 0 Å². The number of carbonyl (C=O) groups is 1. The Balaban J connectivity index is 2.00. The summed E-state index contributed by atoms with van der Waals surface area (Å²) in [5.41, 5.74) is -0.0257. The number of hydrogen-bond acceptors (Lipinski definition) is 7. The molecule has 0 amide bonds. The lowest BCUT2D eigenvalue weighted by atomic mass is 10.2. The van der Waals surface area contributed by atoms with Crippen molar-refractivity contribution < 1.29 is 22.7 Å². The summed E-state index contributed by atoms with van der Waals surface area (Å²) in [4.78, 5) is 15.5. The number of nitrogens with one attached hydrogen (secondary N) is 1. The van der Waals surface area contributed by atoms with Crippen molar-refractivity contribution in [3.63, 3.8) is 0 Å². The van der Waals surface area contributed by atoms with Gasteiger partial charge in [-0.05, 0) is 35.7 Å². The van der Waals surface area contributed by atoms with E-state index in [1.807, 2.05) is 0 Å². The summed E-state index contributed by atoms with van der Waals surface area (Å²) in [6, 6.07) is 5.70. The minimum atomic E-state index is -3.97. The number of hydrogen-bond donors (Lipinski definition) is 2. The summed E-state index contributed by atoms with van der Waals surface area (Å²) in [7, 11) is -3.97. The van der Waals surface area contributed by atoms with E-state index in [0.717, 1.165) is 48.0 Å². The second kappa shape index (κ2) is 6.57. The van der Waals surface area contributed by atoms with Gasteiger partial charge in [0.25, 0.3) is 0 Å². The number of thiophene rings is 1. The molecule has 25 heavy (non-hydrogen) atoms. The molecule has 0 aliphatic rings. The van der Waals surface area contributed by atoms with Gasteiger partial charge in [-0.2, -0.15) is 5.10 Å². The molecule has 0 bridgehead atoms. The first kappa shape index (κ1) is 17.0. The number of aromatic amines is 1. The highest BCUT2D eigenvalue weighted by molar-refractivity contribution is 7.93. The molecule has 0 aliphatic carbocycles. The zero-order valence-corrected chi connectivity index (χ0v) is 14.0. The Labute approximate surface area is 145 Å². The fraction of sp³-hybridized carbons (Fsp3) is 0. The predicted octanol–water partition coefficient (Wildman–Crippen LogP) is 2.62. The molecular weight excluding hydrogens is 369 g/mol. The Morgan fingerprint density at radius 1 is 1.24 bits per heavy atom. The maximum Gasteiger partial charge on any atom is 0.226 e. The first-order valence-corrected chi connectivity index (χ1v) is 9.15. The molecule has 0 saturated heterocycles. The van der Waals surface area contributed by atoms with Crippen LogP contribution in [0.4, 0.5) is 4.39 Å². The van der Waals surface area contributed by atoms with E-state index in [0.29, 0.717) is 0 Å². The average Bonchev–Trinajstić information content (AvgIpc) is 3.27. The van der Waals surface area contributed by atoms with E-state index in [1.165, 1.54) is 11.4 Å². The Morgan fingerprint density at radius 3 is 2.60 bits per heavy atom. The lowest BCUT2D eigenvalue weighted by Crippen LogP contribution is -2.04. The van der Waals surface area contributed by atoms with Crippen LogP contribution in [-0.2, 0) is 9.84 Å². The SMILES string of the molecule is O=C(C=C(O)c1ccsc1S(=O)(=O)c1ccc(F)cc1)c1ncn[nH]1. The average molecular weight is 379 g/mol. The zero-order valence-electron chi connectivity index (χ0n) is 12.4. The summed E-state index contributed by atoms with van der Waals surface area (Å²) in [6.07, 6.45) is 1.99. The van der Waals surface area contributed by atoms with Crippen LogP contribution >= 0.6 is 11.3 Å². The molecule has 10 heteroatoms. The smallest absolute Gasteiger partial charge is 0.226 e. The van der Waals surface area contributed by atoms with E-state index < -0.39 is 27.2 Å². The van der Waals surface area contributed by atoms with Gasteiger partial charge in [0.1, 0.15) is 22.1 Å². The number of benzene rings is 1. The van der Waals surface area contributed by atoms with Gasteiger partial charge in [0.2, 0.25) is 15.6 Å². The van der Waals surface area contributed by atoms with Crippen LogP contribution in [0.25, 0.3) is 5.76 Å². The normalized spacial score (nSPS) is 12.3. The van der Waals surface area contributed by atoms with Crippen LogP contribution < -0.4 is 0 Å². The van der Waals surface area contributed by atoms with Gasteiger partial charge in [-0.1, -0.05) is 0 Å². The van der Waals surface area contributed by atoms with Crippen molar-refractivity contribution in [1.82, 2.24) is 15.2 Å². The highest BCUT2D eigenvalue weighted by atomic mass is 32.2. The largest absolute Gasteiger partial charge is 0.507 e. The molecular formula is C15H10FN3O4S2. The number of nitrogens with zero attached hydrogens (tertiary/aromatic N) is 2. The second-order valence-corrected chi connectivity index (χ2v) is 7.87. The van der Waals surface area contributed by atoms with Gasteiger partial charge in [-0.3, -0.25) is 9.89 Å². The van der Waals surface area contributed by atoms with Gasteiger partial charge in [0.05, 0.1) is 4.90 Å². The number of ketones is 1. The van der Waals surface area contributed by atoms with E-state index in [1.54, 1.807) is 0 Å². The van der Waals surface area contributed by atoms with Crippen LogP contribution in [0.15, 0.2) is 57.2 Å². The van der Waals surface area contributed by atoms with Crippen LogP contribution in [0.1, 0.15) is 16.2 Å². The Morgan fingerprint density at radius 2 is 1.96 bits per heavy atom. The molecule has 0 saturated carbocycles. The molecule has 0 unspecified atom stereocenters. The summed E-state index contributed by atoms with van der Waals surface area (Å²) < 4.78 is 38.2. The molecule has 128 valence electrons. The molecule has 0 atom stereocenters.